The molecule has 0 amide bonds. The number of benzene rings is 2. The summed E-state index contributed by atoms with van der Waals surface area (Å²) in [6.07, 6.45) is 0. The lowest BCUT2D eigenvalue weighted by Gasteiger charge is -2.19. The maximum Gasteiger partial charge on any atom is 0.161 e. The monoisotopic (exact) mass is 255 g/mol. The molecule has 0 bridgehead atoms. The predicted molar refractivity (Wildman–Crippen MR) is 77.2 cm³/mol. The minimum atomic E-state index is 0.617. The van der Waals surface area contributed by atoms with Crippen molar-refractivity contribution in [1.82, 2.24) is 0 Å². The third-order valence-corrected chi connectivity index (χ3v) is 3.46. The van der Waals surface area contributed by atoms with Crippen LogP contribution < -0.4 is 14.8 Å². The molecule has 0 aliphatic carbocycles. The first kappa shape index (κ1) is 11.9. The lowest BCUT2D eigenvalue weighted by atomic mass is 9.98. The molecule has 0 atom stereocenters. The summed E-state index contributed by atoms with van der Waals surface area (Å²) in [5, 5.41) is 3.21. The molecule has 1 N–H and O–H groups in total. The molecule has 3 rings (SSSR count). The SMILES string of the molecule is CNc1cccc(-c2ccc3c(c2)OCCO3)c1C. The van der Waals surface area contributed by atoms with Crippen LogP contribution in [0.3, 0.4) is 0 Å². The molecule has 0 unspecified atom stereocenters. The highest BCUT2D eigenvalue weighted by Crippen LogP contribution is 2.36. The first-order valence-corrected chi connectivity index (χ1v) is 6.47. The zero-order chi connectivity index (χ0) is 13.2. The summed E-state index contributed by atoms with van der Waals surface area (Å²) >= 11 is 0. The Kier molecular flexibility index (Phi) is 3.03. The maximum absolute atomic E-state index is 5.64. The van der Waals surface area contributed by atoms with Gasteiger partial charge in [-0.2, -0.15) is 0 Å². The third-order valence-electron chi connectivity index (χ3n) is 3.46. The Morgan fingerprint density at radius 3 is 2.58 bits per heavy atom. The normalized spacial score (nSPS) is 13.2. The molecule has 1 aliphatic rings. The summed E-state index contributed by atoms with van der Waals surface area (Å²) in [5.41, 5.74) is 4.75. The number of nitrogens with one attached hydrogen (secondary N) is 1. The van der Waals surface area contributed by atoms with Gasteiger partial charge in [-0.1, -0.05) is 18.2 Å². The van der Waals surface area contributed by atoms with Gasteiger partial charge < -0.3 is 14.8 Å². The lowest BCUT2D eigenvalue weighted by Crippen LogP contribution is -2.15. The Hall–Kier alpha value is -2.16. The van der Waals surface area contributed by atoms with Gasteiger partial charge in [0, 0.05) is 12.7 Å². The fraction of sp³-hybridized carbons (Fsp3) is 0.250. The van der Waals surface area contributed by atoms with E-state index in [1.807, 2.05) is 13.1 Å². The van der Waals surface area contributed by atoms with Gasteiger partial charge >= 0.3 is 0 Å². The van der Waals surface area contributed by atoms with E-state index in [2.05, 4.69) is 42.6 Å². The Bertz CT molecular complexity index is 608. The molecule has 3 heteroatoms. The molecule has 19 heavy (non-hydrogen) atoms. The Balaban J connectivity index is 2.07. The van der Waals surface area contributed by atoms with E-state index in [1.54, 1.807) is 0 Å². The molecule has 0 radical (unpaired) electrons. The van der Waals surface area contributed by atoms with Gasteiger partial charge in [-0.15, -0.1) is 0 Å². The van der Waals surface area contributed by atoms with Gasteiger partial charge in [0.15, 0.2) is 11.5 Å². The maximum atomic E-state index is 5.64. The Labute approximate surface area is 113 Å². The second-order valence-corrected chi connectivity index (χ2v) is 4.59. The van der Waals surface area contributed by atoms with Crippen molar-refractivity contribution in [2.75, 3.05) is 25.6 Å². The van der Waals surface area contributed by atoms with Gasteiger partial charge in [-0.25, -0.2) is 0 Å². The highest BCUT2D eigenvalue weighted by Gasteiger charge is 2.13. The van der Waals surface area contributed by atoms with Gasteiger partial charge in [-0.05, 0) is 41.8 Å². The average molecular weight is 255 g/mol. The van der Waals surface area contributed by atoms with Crippen molar-refractivity contribution >= 4 is 5.69 Å². The van der Waals surface area contributed by atoms with Crippen LogP contribution in [0.5, 0.6) is 11.5 Å². The number of rotatable bonds is 2. The van der Waals surface area contributed by atoms with Crippen LogP contribution in [0.15, 0.2) is 36.4 Å². The average Bonchev–Trinajstić information content (AvgIpc) is 2.47. The summed E-state index contributed by atoms with van der Waals surface area (Å²) in [7, 11) is 1.94. The molecule has 0 fully saturated rings. The molecule has 2 aromatic rings. The number of anilines is 1. The third kappa shape index (κ3) is 2.12. The second-order valence-electron chi connectivity index (χ2n) is 4.59. The largest absolute Gasteiger partial charge is 0.486 e. The van der Waals surface area contributed by atoms with Gasteiger partial charge in [0.2, 0.25) is 0 Å². The quantitative estimate of drug-likeness (QED) is 0.891. The zero-order valence-corrected chi connectivity index (χ0v) is 11.2. The molecule has 0 spiro atoms. The Morgan fingerprint density at radius 1 is 1.00 bits per heavy atom. The molecule has 1 heterocycles. The van der Waals surface area contributed by atoms with Crippen molar-refractivity contribution < 1.29 is 9.47 Å². The van der Waals surface area contributed by atoms with Crippen LogP contribution in [-0.4, -0.2) is 20.3 Å². The Morgan fingerprint density at radius 2 is 1.79 bits per heavy atom. The molecule has 0 saturated heterocycles. The number of hydrogen-bond donors (Lipinski definition) is 1. The van der Waals surface area contributed by atoms with Crippen LogP contribution in [0.25, 0.3) is 11.1 Å². The smallest absolute Gasteiger partial charge is 0.161 e. The van der Waals surface area contributed by atoms with Crippen LogP contribution in [0, 0.1) is 6.92 Å². The highest BCUT2D eigenvalue weighted by molar-refractivity contribution is 5.75. The number of hydrogen-bond acceptors (Lipinski definition) is 3. The number of ether oxygens (including phenoxy) is 2. The van der Waals surface area contributed by atoms with Crippen molar-refractivity contribution in [3.8, 4) is 22.6 Å². The van der Waals surface area contributed by atoms with E-state index < -0.39 is 0 Å². The van der Waals surface area contributed by atoms with E-state index in [4.69, 9.17) is 9.47 Å². The van der Waals surface area contributed by atoms with E-state index in [0.717, 1.165) is 22.7 Å². The number of fused-ring (bicyclic) bond motifs is 1. The van der Waals surface area contributed by atoms with Crippen molar-refractivity contribution in [1.29, 1.82) is 0 Å². The zero-order valence-electron chi connectivity index (χ0n) is 11.2. The molecular weight excluding hydrogens is 238 g/mol. The summed E-state index contributed by atoms with van der Waals surface area (Å²) in [4.78, 5) is 0. The summed E-state index contributed by atoms with van der Waals surface area (Å²) < 4.78 is 11.2. The lowest BCUT2D eigenvalue weighted by molar-refractivity contribution is 0.171. The van der Waals surface area contributed by atoms with E-state index in [1.165, 1.54) is 11.1 Å². The van der Waals surface area contributed by atoms with E-state index >= 15 is 0 Å². The van der Waals surface area contributed by atoms with Crippen LogP contribution >= 0.6 is 0 Å². The molecule has 0 saturated carbocycles. The van der Waals surface area contributed by atoms with Gasteiger partial charge in [0.25, 0.3) is 0 Å². The summed E-state index contributed by atoms with van der Waals surface area (Å²) in [5.74, 6) is 1.66. The van der Waals surface area contributed by atoms with Crippen LogP contribution in [0.4, 0.5) is 5.69 Å². The molecule has 2 aromatic carbocycles. The van der Waals surface area contributed by atoms with Crippen molar-refractivity contribution in [2.45, 2.75) is 6.92 Å². The summed E-state index contributed by atoms with van der Waals surface area (Å²) in [6.45, 7) is 3.37. The van der Waals surface area contributed by atoms with E-state index in [9.17, 15) is 0 Å². The second kappa shape index (κ2) is 4.84. The van der Waals surface area contributed by atoms with Crippen molar-refractivity contribution in [3.63, 3.8) is 0 Å². The predicted octanol–water partition coefficient (Wildman–Crippen LogP) is 3.47. The van der Waals surface area contributed by atoms with Gasteiger partial charge in [0.05, 0.1) is 0 Å². The fourth-order valence-corrected chi connectivity index (χ4v) is 2.43. The minimum Gasteiger partial charge on any atom is -0.486 e. The van der Waals surface area contributed by atoms with E-state index in [0.29, 0.717) is 13.2 Å². The van der Waals surface area contributed by atoms with Crippen molar-refractivity contribution in [3.05, 3.63) is 42.0 Å². The molecule has 98 valence electrons. The minimum absolute atomic E-state index is 0.617. The van der Waals surface area contributed by atoms with Crippen LogP contribution in [0.2, 0.25) is 0 Å². The van der Waals surface area contributed by atoms with E-state index in [-0.39, 0.29) is 0 Å². The molecule has 3 nitrogen and oxygen atoms in total. The standard InChI is InChI=1S/C16H17NO2/c1-11-13(4-3-5-14(11)17-2)12-6-7-15-16(10-12)19-9-8-18-15/h3-7,10,17H,8-9H2,1-2H3. The first-order valence-electron chi connectivity index (χ1n) is 6.47. The summed E-state index contributed by atoms with van der Waals surface area (Å²) in [6, 6.07) is 12.4. The fourth-order valence-electron chi connectivity index (χ4n) is 2.43. The van der Waals surface area contributed by atoms with Crippen LogP contribution in [0.1, 0.15) is 5.56 Å². The molecular formula is C16H17NO2. The van der Waals surface area contributed by atoms with Crippen LogP contribution in [-0.2, 0) is 0 Å². The molecule has 1 aliphatic heterocycles. The molecule has 0 aromatic heterocycles. The van der Waals surface area contributed by atoms with Crippen molar-refractivity contribution in [2.24, 2.45) is 0 Å². The topological polar surface area (TPSA) is 30.5 Å². The first-order chi connectivity index (χ1) is 9.29. The highest BCUT2D eigenvalue weighted by atomic mass is 16.6. The van der Waals surface area contributed by atoms with Gasteiger partial charge in [0.1, 0.15) is 13.2 Å². The van der Waals surface area contributed by atoms with Gasteiger partial charge in [-0.3, -0.25) is 0 Å².